The first-order valence-corrected chi connectivity index (χ1v) is 5.60. The molecule has 1 N–H and O–H groups in total. The summed E-state index contributed by atoms with van der Waals surface area (Å²) in [5, 5.41) is 2.34. The average Bonchev–Trinajstić information content (AvgIpc) is 2.18. The summed E-state index contributed by atoms with van der Waals surface area (Å²) in [4.78, 5) is 11.0. The van der Waals surface area contributed by atoms with Gasteiger partial charge in [0.1, 0.15) is 0 Å². The molecule has 1 rings (SSSR count). The second-order valence-electron chi connectivity index (χ2n) is 4.42. The first-order valence-electron chi connectivity index (χ1n) is 5.60. The summed E-state index contributed by atoms with van der Waals surface area (Å²) in [7, 11) is 0. The van der Waals surface area contributed by atoms with Gasteiger partial charge in [0.25, 0.3) is 0 Å². The second-order valence-corrected chi connectivity index (χ2v) is 4.42. The highest BCUT2D eigenvalue weighted by Crippen LogP contribution is 2.30. The molecule has 0 spiro atoms. The van der Waals surface area contributed by atoms with E-state index >= 15 is 0 Å². The first kappa shape index (κ1) is 14.5. The van der Waals surface area contributed by atoms with Gasteiger partial charge in [0.15, 0.2) is 0 Å². The van der Waals surface area contributed by atoms with E-state index < -0.39 is 24.5 Å². The lowest BCUT2D eigenvalue weighted by molar-refractivity contribution is -0.142. The summed E-state index contributed by atoms with van der Waals surface area (Å²) in [5.74, 6) is -0.470. The van der Waals surface area contributed by atoms with Gasteiger partial charge in [-0.1, -0.05) is 18.2 Å². The molecule has 0 aliphatic carbocycles. The van der Waals surface area contributed by atoms with Gasteiger partial charge in [-0.3, -0.25) is 4.79 Å². The molecule has 100 valence electrons. The Kier molecular flexibility index (Phi) is 4.38. The van der Waals surface area contributed by atoms with Gasteiger partial charge in [-0.05, 0) is 30.5 Å². The highest BCUT2D eigenvalue weighted by atomic mass is 19.4. The summed E-state index contributed by atoms with van der Waals surface area (Å²) in [5.41, 5.74) is 2.39. The van der Waals surface area contributed by atoms with E-state index in [1.807, 2.05) is 13.8 Å². The molecule has 18 heavy (non-hydrogen) atoms. The van der Waals surface area contributed by atoms with E-state index in [1.54, 1.807) is 18.2 Å². The molecule has 1 unspecified atom stereocenters. The third-order valence-corrected chi connectivity index (χ3v) is 2.75. The number of alkyl halides is 3. The van der Waals surface area contributed by atoms with Crippen LogP contribution in [0.2, 0.25) is 0 Å². The van der Waals surface area contributed by atoms with Crippen LogP contribution in [0.5, 0.6) is 0 Å². The molecule has 0 radical (unpaired) electrons. The largest absolute Gasteiger partial charge is 0.391 e. The van der Waals surface area contributed by atoms with Crippen molar-refractivity contribution in [3.63, 3.8) is 0 Å². The molecule has 1 atom stereocenters. The number of nitrogens with one attached hydrogen (secondary N) is 1. The van der Waals surface area contributed by atoms with E-state index in [0.717, 1.165) is 11.1 Å². The van der Waals surface area contributed by atoms with Gasteiger partial charge in [-0.15, -0.1) is 0 Å². The molecule has 0 aliphatic rings. The quantitative estimate of drug-likeness (QED) is 0.885. The van der Waals surface area contributed by atoms with Crippen molar-refractivity contribution in [3.8, 4) is 0 Å². The molecule has 0 heterocycles. The Morgan fingerprint density at radius 3 is 2.33 bits per heavy atom. The van der Waals surface area contributed by atoms with Gasteiger partial charge < -0.3 is 5.32 Å². The second kappa shape index (κ2) is 5.42. The molecule has 5 heteroatoms. The minimum Gasteiger partial charge on any atom is -0.349 e. The fraction of sp³-hybridized carbons (Fsp3) is 0.462. The zero-order valence-corrected chi connectivity index (χ0v) is 10.6. The highest BCUT2D eigenvalue weighted by Gasteiger charge is 2.33. The van der Waals surface area contributed by atoms with E-state index in [0.29, 0.717) is 5.56 Å². The van der Waals surface area contributed by atoms with Crippen LogP contribution >= 0.6 is 0 Å². The highest BCUT2D eigenvalue weighted by molar-refractivity contribution is 5.73. The smallest absolute Gasteiger partial charge is 0.349 e. The Labute approximate surface area is 104 Å². The molecule has 0 aromatic heterocycles. The molecule has 0 saturated carbocycles. The van der Waals surface area contributed by atoms with Crippen LogP contribution in [0.3, 0.4) is 0 Å². The minimum atomic E-state index is -4.31. The Morgan fingerprint density at radius 1 is 1.28 bits per heavy atom. The molecule has 0 fully saturated rings. The van der Waals surface area contributed by atoms with Crippen molar-refractivity contribution in [2.45, 2.75) is 39.4 Å². The lowest BCUT2D eigenvalue weighted by Gasteiger charge is -2.20. The molecule has 1 amide bonds. The standard InChI is InChI=1S/C13H16F3NO/c1-8-4-5-11(6-9(8)2)12(17-10(3)18)7-13(14,15)16/h4-6,12H,7H2,1-3H3,(H,17,18). The third kappa shape index (κ3) is 4.39. The maximum Gasteiger partial charge on any atom is 0.391 e. The van der Waals surface area contributed by atoms with Crippen molar-refractivity contribution in [3.05, 3.63) is 34.9 Å². The van der Waals surface area contributed by atoms with Crippen molar-refractivity contribution >= 4 is 5.91 Å². The van der Waals surface area contributed by atoms with Gasteiger partial charge in [-0.2, -0.15) is 13.2 Å². The van der Waals surface area contributed by atoms with Crippen LogP contribution in [0.15, 0.2) is 18.2 Å². The topological polar surface area (TPSA) is 29.1 Å². The summed E-state index contributed by atoms with van der Waals surface area (Å²) < 4.78 is 37.4. The lowest BCUT2D eigenvalue weighted by Crippen LogP contribution is -2.30. The molecule has 1 aromatic carbocycles. The van der Waals surface area contributed by atoms with E-state index in [2.05, 4.69) is 5.32 Å². The normalized spacial score (nSPS) is 13.2. The number of hydrogen-bond donors (Lipinski definition) is 1. The maximum atomic E-state index is 12.5. The van der Waals surface area contributed by atoms with Gasteiger partial charge in [-0.25, -0.2) is 0 Å². The average molecular weight is 259 g/mol. The van der Waals surface area contributed by atoms with Crippen molar-refractivity contribution in [1.82, 2.24) is 5.32 Å². The van der Waals surface area contributed by atoms with Crippen molar-refractivity contribution in [2.24, 2.45) is 0 Å². The van der Waals surface area contributed by atoms with Crippen LogP contribution in [0.1, 0.15) is 36.1 Å². The number of hydrogen-bond acceptors (Lipinski definition) is 1. The number of halogens is 3. The number of amides is 1. The molecule has 2 nitrogen and oxygen atoms in total. The third-order valence-electron chi connectivity index (χ3n) is 2.75. The molecular weight excluding hydrogens is 243 g/mol. The van der Waals surface area contributed by atoms with Gasteiger partial charge in [0, 0.05) is 6.92 Å². The van der Waals surface area contributed by atoms with Crippen LogP contribution in [-0.2, 0) is 4.79 Å². The van der Waals surface area contributed by atoms with Crippen molar-refractivity contribution in [1.29, 1.82) is 0 Å². The molecule has 1 aromatic rings. The molecule has 0 aliphatic heterocycles. The monoisotopic (exact) mass is 259 g/mol. The molecule has 0 saturated heterocycles. The molecular formula is C13H16F3NO. The zero-order valence-electron chi connectivity index (χ0n) is 10.6. The zero-order chi connectivity index (χ0) is 13.9. The predicted octanol–water partition coefficient (Wildman–Crippen LogP) is 3.43. The minimum absolute atomic E-state index is 0.470. The number of aryl methyl sites for hydroxylation is 2. The summed E-state index contributed by atoms with van der Waals surface area (Å²) >= 11 is 0. The predicted molar refractivity (Wildman–Crippen MR) is 63.1 cm³/mol. The van der Waals surface area contributed by atoms with Crippen LogP contribution in [0.4, 0.5) is 13.2 Å². The lowest BCUT2D eigenvalue weighted by atomic mass is 9.99. The van der Waals surface area contributed by atoms with Crippen LogP contribution in [0.25, 0.3) is 0 Å². The summed E-state index contributed by atoms with van der Waals surface area (Å²) in [6.07, 6.45) is -5.37. The molecule has 0 bridgehead atoms. The summed E-state index contributed by atoms with van der Waals surface area (Å²) in [6.45, 7) is 4.93. The Hall–Kier alpha value is -1.52. The fourth-order valence-electron chi connectivity index (χ4n) is 1.71. The van der Waals surface area contributed by atoms with E-state index in [4.69, 9.17) is 0 Å². The van der Waals surface area contributed by atoms with Crippen molar-refractivity contribution in [2.75, 3.05) is 0 Å². The SMILES string of the molecule is CC(=O)NC(CC(F)(F)F)c1ccc(C)c(C)c1. The number of benzene rings is 1. The van der Waals surface area contributed by atoms with Gasteiger partial charge in [0.2, 0.25) is 5.91 Å². The van der Waals surface area contributed by atoms with Crippen molar-refractivity contribution < 1.29 is 18.0 Å². The van der Waals surface area contributed by atoms with Gasteiger partial charge >= 0.3 is 6.18 Å². The van der Waals surface area contributed by atoms with E-state index in [9.17, 15) is 18.0 Å². The Morgan fingerprint density at radius 2 is 1.89 bits per heavy atom. The Balaban J connectivity index is 3.01. The van der Waals surface area contributed by atoms with Crippen LogP contribution < -0.4 is 5.32 Å². The van der Waals surface area contributed by atoms with Crippen LogP contribution in [-0.4, -0.2) is 12.1 Å². The van der Waals surface area contributed by atoms with E-state index in [1.165, 1.54) is 6.92 Å². The Bertz CT molecular complexity index is 440. The summed E-state index contributed by atoms with van der Waals surface area (Å²) in [6, 6.07) is 4.04. The van der Waals surface area contributed by atoms with Gasteiger partial charge in [0.05, 0.1) is 12.5 Å². The first-order chi connectivity index (χ1) is 8.19. The number of carbonyl (C=O) groups is 1. The number of rotatable bonds is 3. The maximum absolute atomic E-state index is 12.5. The van der Waals surface area contributed by atoms with Crippen LogP contribution in [0, 0.1) is 13.8 Å². The number of carbonyl (C=O) groups excluding carboxylic acids is 1. The van der Waals surface area contributed by atoms with E-state index in [-0.39, 0.29) is 0 Å². The fourth-order valence-corrected chi connectivity index (χ4v) is 1.71.